The maximum atomic E-state index is 12.8. The van der Waals surface area contributed by atoms with Crippen LogP contribution < -0.4 is 5.32 Å². The Morgan fingerprint density at radius 3 is 2.97 bits per heavy atom. The third-order valence-corrected chi connectivity index (χ3v) is 7.13. The Hall–Kier alpha value is -2.29. The molecule has 1 saturated heterocycles. The van der Waals surface area contributed by atoms with Gasteiger partial charge >= 0.3 is 0 Å². The molecule has 30 heavy (non-hydrogen) atoms. The standard InChI is InChI=1S/C22H29N5O2S/c1-4-27-15(3)18(14(2)25-27)13-26-10-7-16(12-26)19-17-6-5-8-24-22(17)30-20(19)21(29)23-9-11-28/h5-6,8,16,28H,4,7,9-13H2,1-3H3,(H,23,29). The van der Waals surface area contributed by atoms with Crippen molar-refractivity contribution in [3.05, 3.63) is 45.7 Å². The summed E-state index contributed by atoms with van der Waals surface area (Å²) < 4.78 is 2.07. The number of hydrogen-bond acceptors (Lipinski definition) is 6. The van der Waals surface area contributed by atoms with Gasteiger partial charge < -0.3 is 10.4 Å². The fourth-order valence-electron chi connectivity index (χ4n) is 4.48. The number of aromatic nitrogens is 3. The Morgan fingerprint density at radius 1 is 1.40 bits per heavy atom. The minimum atomic E-state index is -0.114. The molecule has 0 spiro atoms. The van der Waals surface area contributed by atoms with Crippen molar-refractivity contribution in [1.29, 1.82) is 0 Å². The number of likely N-dealkylation sites (tertiary alicyclic amines) is 1. The number of aliphatic hydroxyl groups excluding tert-OH is 1. The predicted octanol–water partition coefficient (Wildman–Crippen LogP) is 2.84. The van der Waals surface area contributed by atoms with E-state index in [1.54, 1.807) is 6.20 Å². The van der Waals surface area contributed by atoms with Crippen molar-refractivity contribution in [2.45, 2.75) is 46.2 Å². The van der Waals surface area contributed by atoms with E-state index >= 15 is 0 Å². The largest absolute Gasteiger partial charge is 0.395 e. The van der Waals surface area contributed by atoms with Gasteiger partial charge in [0.05, 0.1) is 17.2 Å². The topological polar surface area (TPSA) is 83.3 Å². The first kappa shape index (κ1) is 21.0. The molecule has 160 valence electrons. The zero-order chi connectivity index (χ0) is 21.3. The molecular weight excluding hydrogens is 398 g/mol. The average molecular weight is 428 g/mol. The minimum absolute atomic E-state index is 0.0639. The highest BCUT2D eigenvalue weighted by atomic mass is 32.1. The summed E-state index contributed by atoms with van der Waals surface area (Å²) >= 11 is 1.45. The van der Waals surface area contributed by atoms with Gasteiger partial charge in [-0.05, 0) is 45.4 Å². The number of rotatable bonds is 7. The second-order valence-corrected chi connectivity index (χ2v) is 8.87. The van der Waals surface area contributed by atoms with Gasteiger partial charge in [0.1, 0.15) is 4.83 Å². The third kappa shape index (κ3) is 3.87. The van der Waals surface area contributed by atoms with Crippen molar-refractivity contribution >= 4 is 27.5 Å². The van der Waals surface area contributed by atoms with Crippen LogP contribution in [-0.4, -0.2) is 56.9 Å². The van der Waals surface area contributed by atoms with E-state index in [4.69, 9.17) is 5.11 Å². The summed E-state index contributed by atoms with van der Waals surface area (Å²) in [6.07, 6.45) is 2.79. The molecule has 4 heterocycles. The number of carbonyl (C=O) groups excluding carboxylic acids is 1. The summed E-state index contributed by atoms with van der Waals surface area (Å²) in [5, 5.41) is 17.6. The first-order chi connectivity index (χ1) is 14.5. The number of aryl methyl sites for hydroxylation is 2. The van der Waals surface area contributed by atoms with Crippen molar-refractivity contribution in [2.75, 3.05) is 26.2 Å². The molecule has 0 aliphatic carbocycles. The Labute approximate surface area is 180 Å². The SMILES string of the molecule is CCn1nc(C)c(CN2CCC(c3c(C(=O)NCCO)sc4ncccc34)C2)c1C. The van der Waals surface area contributed by atoms with E-state index in [1.165, 1.54) is 22.6 Å². The molecule has 8 heteroatoms. The predicted molar refractivity (Wildman–Crippen MR) is 119 cm³/mol. The van der Waals surface area contributed by atoms with Crippen molar-refractivity contribution in [1.82, 2.24) is 25.0 Å². The normalized spacial score (nSPS) is 17.1. The van der Waals surface area contributed by atoms with Gasteiger partial charge in [-0.15, -0.1) is 11.3 Å². The number of fused-ring (bicyclic) bond motifs is 1. The summed E-state index contributed by atoms with van der Waals surface area (Å²) in [5.41, 5.74) is 4.77. The lowest BCUT2D eigenvalue weighted by Crippen LogP contribution is -2.27. The molecule has 2 N–H and O–H groups in total. The minimum Gasteiger partial charge on any atom is -0.395 e. The molecule has 3 aromatic heterocycles. The molecule has 1 atom stereocenters. The molecule has 1 aliphatic rings. The Morgan fingerprint density at radius 2 is 2.23 bits per heavy atom. The number of amides is 1. The zero-order valence-corrected chi connectivity index (χ0v) is 18.6. The second kappa shape index (κ2) is 8.83. The lowest BCUT2D eigenvalue weighted by molar-refractivity contribution is 0.0947. The lowest BCUT2D eigenvalue weighted by Gasteiger charge is -2.17. The molecule has 7 nitrogen and oxygen atoms in total. The first-order valence-electron chi connectivity index (χ1n) is 10.5. The van der Waals surface area contributed by atoms with Crippen LogP contribution in [0.1, 0.15) is 51.4 Å². The number of thiophene rings is 1. The molecule has 3 aromatic rings. The van der Waals surface area contributed by atoms with Crippen molar-refractivity contribution in [2.24, 2.45) is 0 Å². The van der Waals surface area contributed by atoms with E-state index in [-0.39, 0.29) is 19.1 Å². The molecule has 0 radical (unpaired) electrons. The van der Waals surface area contributed by atoms with Crippen LogP contribution in [0.15, 0.2) is 18.3 Å². The quantitative estimate of drug-likeness (QED) is 0.606. The van der Waals surface area contributed by atoms with Crippen molar-refractivity contribution in [3.63, 3.8) is 0 Å². The van der Waals surface area contributed by atoms with Gasteiger partial charge in [-0.1, -0.05) is 6.07 Å². The maximum absolute atomic E-state index is 12.8. The molecule has 0 bridgehead atoms. The molecule has 1 unspecified atom stereocenters. The maximum Gasteiger partial charge on any atom is 0.261 e. The Bertz CT molecular complexity index is 1060. The van der Waals surface area contributed by atoms with E-state index in [9.17, 15) is 4.79 Å². The second-order valence-electron chi connectivity index (χ2n) is 7.87. The van der Waals surface area contributed by atoms with E-state index in [1.807, 2.05) is 6.07 Å². The zero-order valence-electron chi connectivity index (χ0n) is 17.8. The summed E-state index contributed by atoms with van der Waals surface area (Å²) in [6.45, 7) is 10.2. The molecular formula is C22H29N5O2S. The van der Waals surface area contributed by atoms with Crippen LogP contribution >= 0.6 is 11.3 Å². The van der Waals surface area contributed by atoms with Gasteiger partial charge in [0.25, 0.3) is 5.91 Å². The Kier molecular flexibility index (Phi) is 6.17. The highest BCUT2D eigenvalue weighted by Gasteiger charge is 2.31. The van der Waals surface area contributed by atoms with Gasteiger partial charge in [-0.2, -0.15) is 5.10 Å². The lowest BCUT2D eigenvalue weighted by atomic mass is 9.95. The summed E-state index contributed by atoms with van der Waals surface area (Å²) in [7, 11) is 0. The highest BCUT2D eigenvalue weighted by Crippen LogP contribution is 2.39. The van der Waals surface area contributed by atoms with Crippen LogP contribution in [0, 0.1) is 13.8 Å². The summed E-state index contributed by atoms with van der Waals surface area (Å²) in [6, 6.07) is 4.01. The van der Waals surface area contributed by atoms with E-state index in [0.29, 0.717) is 5.92 Å². The van der Waals surface area contributed by atoms with Crippen LogP contribution in [0.25, 0.3) is 10.2 Å². The monoisotopic (exact) mass is 427 g/mol. The van der Waals surface area contributed by atoms with Gasteiger partial charge in [-0.3, -0.25) is 14.4 Å². The molecule has 1 aliphatic heterocycles. The fraction of sp³-hybridized carbons (Fsp3) is 0.500. The van der Waals surface area contributed by atoms with Gasteiger partial charge in [0, 0.05) is 54.9 Å². The molecule has 4 rings (SSSR count). The van der Waals surface area contributed by atoms with E-state index < -0.39 is 0 Å². The number of aliphatic hydroxyl groups is 1. The van der Waals surface area contributed by atoms with Crippen LogP contribution in [0.3, 0.4) is 0 Å². The molecule has 1 amide bonds. The van der Waals surface area contributed by atoms with Gasteiger partial charge in [-0.25, -0.2) is 4.98 Å². The van der Waals surface area contributed by atoms with E-state index in [2.05, 4.69) is 51.8 Å². The molecule has 1 fully saturated rings. The van der Waals surface area contributed by atoms with E-state index in [0.717, 1.165) is 59.0 Å². The van der Waals surface area contributed by atoms with Crippen LogP contribution in [0.5, 0.6) is 0 Å². The third-order valence-electron chi connectivity index (χ3n) is 6.00. The van der Waals surface area contributed by atoms with Crippen molar-refractivity contribution in [3.8, 4) is 0 Å². The fourth-order valence-corrected chi connectivity index (χ4v) is 5.63. The Balaban J connectivity index is 1.59. The van der Waals surface area contributed by atoms with Gasteiger partial charge in [0.15, 0.2) is 0 Å². The van der Waals surface area contributed by atoms with Crippen LogP contribution in [-0.2, 0) is 13.1 Å². The smallest absolute Gasteiger partial charge is 0.261 e. The van der Waals surface area contributed by atoms with Gasteiger partial charge in [0.2, 0.25) is 0 Å². The highest BCUT2D eigenvalue weighted by molar-refractivity contribution is 7.20. The van der Waals surface area contributed by atoms with Crippen molar-refractivity contribution < 1.29 is 9.90 Å². The first-order valence-corrected chi connectivity index (χ1v) is 11.4. The number of pyridine rings is 1. The number of nitrogens with zero attached hydrogens (tertiary/aromatic N) is 4. The summed E-state index contributed by atoms with van der Waals surface area (Å²) in [4.78, 5) is 21.4. The summed E-state index contributed by atoms with van der Waals surface area (Å²) in [5.74, 6) is 0.177. The van der Waals surface area contributed by atoms with Crippen LogP contribution in [0.4, 0.5) is 0 Å². The van der Waals surface area contributed by atoms with Crippen LogP contribution in [0.2, 0.25) is 0 Å². The molecule has 0 saturated carbocycles. The average Bonchev–Trinajstić information content (AvgIpc) is 3.43. The number of carbonyl (C=O) groups is 1. The number of hydrogen-bond donors (Lipinski definition) is 2. The number of nitrogens with one attached hydrogen (secondary N) is 1. The molecule has 0 aromatic carbocycles.